The fourth-order valence-electron chi connectivity index (χ4n) is 2.55. The van der Waals surface area contributed by atoms with Gasteiger partial charge in [-0.05, 0) is 25.0 Å². The topological polar surface area (TPSA) is 42.1 Å². The van der Waals surface area contributed by atoms with Crippen LogP contribution in [0.3, 0.4) is 0 Å². The Bertz CT molecular complexity index is 333. The van der Waals surface area contributed by atoms with Crippen molar-refractivity contribution in [2.75, 3.05) is 18.0 Å². The second kappa shape index (κ2) is 5.96. The molecule has 0 aromatic carbocycles. The molecule has 4 heteroatoms. The maximum atomic E-state index is 12.9. The Morgan fingerprint density at radius 1 is 1.29 bits per heavy atom. The summed E-state index contributed by atoms with van der Waals surface area (Å²) in [7, 11) is 0. The van der Waals surface area contributed by atoms with Crippen LogP contribution in [-0.4, -0.2) is 24.1 Å². The monoisotopic (exact) mass is 237 g/mol. The summed E-state index contributed by atoms with van der Waals surface area (Å²) >= 11 is 0. The smallest absolute Gasteiger partial charge is 0.141 e. The van der Waals surface area contributed by atoms with Crippen LogP contribution in [0.15, 0.2) is 18.3 Å². The number of hydrogen-bond acceptors (Lipinski definition) is 3. The SMILES string of the molecule is NCCN(c1ccc(F)cn1)C1CCCCC1. The predicted octanol–water partition coefficient (Wildman–Crippen LogP) is 2.32. The van der Waals surface area contributed by atoms with Gasteiger partial charge in [0.1, 0.15) is 11.6 Å². The van der Waals surface area contributed by atoms with E-state index in [1.807, 2.05) is 0 Å². The molecule has 0 bridgehead atoms. The van der Waals surface area contributed by atoms with Crippen molar-refractivity contribution in [3.63, 3.8) is 0 Å². The van der Waals surface area contributed by atoms with E-state index in [1.165, 1.54) is 44.4 Å². The first-order chi connectivity index (χ1) is 8.31. The number of nitrogens with zero attached hydrogens (tertiary/aromatic N) is 2. The molecule has 0 aliphatic heterocycles. The molecule has 1 heterocycles. The molecule has 0 amide bonds. The molecule has 0 radical (unpaired) electrons. The third-order valence-electron chi connectivity index (χ3n) is 3.39. The first-order valence-electron chi connectivity index (χ1n) is 6.39. The van der Waals surface area contributed by atoms with Gasteiger partial charge < -0.3 is 10.6 Å². The fraction of sp³-hybridized carbons (Fsp3) is 0.615. The average molecular weight is 237 g/mol. The highest BCUT2D eigenvalue weighted by Crippen LogP contribution is 2.25. The molecule has 0 saturated heterocycles. The van der Waals surface area contributed by atoms with E-state index in [-0.39, 0.29) is 5.82 Å². The molecule has 0 spiro atoms. The van der Waals surface area contributed by atoms with Crippen LogP contribution >= 0.6 is 0 Å². The van der Waals surface area contributed by atoms with Gasteiger partial charge in [0.2, 0.25) is 0 Å². The molecule has 94 valence electrons. The number of hydrogen-bond donors (Lipinski definition) is 1. The molecule has 2 N–H and O–H groups in total. The summed E-state index contributed by atoms with van der Waals surface area (Å²) < 4.78 is 12.9. The lowest BCUT2D eigenvalue weighted by molar-refractivity contribution is 0.414. The van der Waals surface area contributed by atoms with E-state index < -0.39 is 0 Å². The van der Waals surface area contributed by atoms with E-state index in [9.17, 15) is 4.39 Å². The number of pyridine rings is 1. The van der Waals surface area contributed by atoms with Crippen LogP contribution in [-0.2, 0) is 0 Å². The van der Waals surface area contributed by atoms with Crippen molar-refractivity contribution >= 4 is 5.82 Å². The molecule has 1 aromatic rings. The van der Waals surface area contributed by atoms with Crippen LogP contribution in [0.4, 0.5) is 10.2 Å². The lowest BCUT2D eigenvalue weighted by Crippen LogP contribution is -2.40. The van der Waals surface area contributed by atoms with Gasteiger partial charge in [-0.25, -0.2) is 9.37 Å². The zero-order valence-electron chi connectivity index (χ0n) is 10.1. The van der Waals surface area contributed by atoms with Crippen molar-refractivity contribution in [2.24, 2.45) is 5.73 Å². The highest BCUT2D eigenvalue weighted by Gasteiger charge is 2.21. The highest BCUT2D eigenvalue weighted by molar-refractivity contribution is 5.39. The number of aromatic nitrogens is 1. The summed E-state index contributed by atoms with van der Waals surface area (Å²) in [5.41, 5.74) is 5.66. The molecule has 17 heavy (non-hydrogen) atoms. The van der Waals surface area contributed by atoms with Crippen LogP contribution in [0, 0.1) is 5.82 Å². The van der Waals surface area contributed by atoms with Crippen molar-refractivity contribution in [3.05, 3.63) is 24.1 Å². The van der Waals surface area contributed by atoms with Crippen LogP contribution < -0.4 is 10.6 Å². The quantitative estimate of drug-likeness (QED) is 0.873. The van der Waals surface area contributed by atoms with Crippen molar-refractivity contribution in [1.82, 2.24) is 4.98 Å². The summed E-state index contributed by atoms with van der Waals surface area (Å²) in [6.45, 7) is 1.40. The molecular weight excluding hydrogens is 217 g/mol. The Kier molecular flexibility index (Phi) is 4.31. The number of halogens is 1. The van der Waals surface area contributed by atoms with Gasteiger partial charge in [-0.1, -0.05) is 19.3 Å². The number of rotatable bonds is 4. The normalized spacial score (nSPS) is 17.1. The Morgan fingerprint density at radius 2 is 2.06 bits per heavy atom. The first-order valence-corrected chi connectivity index (χ1v) is 6.39. The molecule has 1 aromatic heterocycles. The van der Waals surface area contributed by atoms with Gasteiger partial charge in [0, 0.05) is 19.1 Å². The number of nitrogens with two attached hydrogens (primary N) is 1. The average Bonchev–Trinajstić information content (AvgIpc) is 2.38. The van der Waals surface area contributed by atoms with Crippen LogP contribution in [0.1, 0.15) is 32.1 Å². The second-order valence-corrected chi connectivity index (χ2v) is 4.61. The van der Waals surface area contributed by atoms with Gasteiger partial charge in [0.25, 0.3) is 0 Å². The maximum Gasteiger partial charge on any atom is 0.141 e. The van der Waals surface area contributed by atoms with Crippen molar-refractivity contribution in [3.8, 4) is 0 Å². The zero-order chi connectivity index (χ0) is 12.1. The van der Waals surface area contributed by atoms with E-state index in [1.54, 1.807) is 6.07 Å². The Balaban J connectivity index is 2.12. The molecule has 2 rings (SSSR count). The molecule has 3 nitrogen and oxygen atoms in total. The zero-order valence-corrected chi connectivity index (χ0v) is 10.1. The van der Waals surface area contributed by atoms with E-state index in [0.29, 0.717) is 12.6 Å². The summed E-state index contributed by atoms with van der Waals surface area (Å²) in [5.74, 6) is 0.564. The second-order valence-electron chi connectivity index (χ2n) is 4.61. The molecule has 0 atom stereocenters. The van der Waals surface area contributed by atoms with Gasteiger partial charge in [-0.3, -0.25) is 0 Å². The third kappa shape index (κ3) is 3.16. The first kappa shape index (κ1) is 12.3. The Morgan fingerprint density at radius 3 is 2.65 bits per heavy atom. The van der Waals surface area contributed by atoms with Gasteiger partial charge in [0.15, 0.2) is 0 Å². The summed E-state index contributed by atoms with van der Waals surface area (Å²) in [5, 5.41) is 0. The van der Waals surface area contributed by atoms with E-state index in [4.69, 9.17) is 5.73 Å². The third-order valence-corrected chi connectivity index (χ3v) is 3.39. The molecule has 0 unspecified atom stereocenters. The van der Waals surface area contributed by atoms with E-state index in [2.05, 4.69) is 9.88 Å². The minimum absolute atomic E-state index is 0.287. The minimum atomic E-state index is -0.287. The van der Waals surface area contributed by atoms with E-state index in [0.717, 1.165) is 12.4 Å². The summed E-state index contributed by atoms with van der Waals surface area (Å²) in [6.07, 6.45) is 7.53. The molecule has 1 saturated carbocycles. The van der Waals surface area contributed by atoms with Crippen LogP contribution in [0.5, 0.6) is 0 Å². The van der Waals surface area contributed by atoms with Crippen molar-refractivity contribution < 1.29 is 4.39 Å². The predicted molar refractivity (Wildman–Crippen MR) is 67.5 cm³/mol. The minimum Gasteiger partial charge on any atom is -0.352 e. The van der Waals surface area contributed by atoms with Crippen LogP contribution in [0.25, 0.3) is 0 Å². The highest BCUT2D eigenvalue weighted by atomic mass is 19.1. The van der Waals surface area contributed by atoms with Crippen molar-refractivity contribution in [1.29, 1.82) is 0 Å². The van der Waals surface area contributed by atoms with Crippen molar-refractivity contribution in [2.45, 2.75) is 38.1 Å². The summed E-state index contributed by atoms with van der Waals surface area (Å²) in [4.78, 5) is 6.40. The fourth-order valence-corrected chi connectivity index (χ4v) is 2.55. The molecular formula is C13H20FN3. The van der Waals surface area contributed by atoms with Gasteiger partial charge in [-0.2, -0.15) is 0 Å². The molecule has 1 aliphatic rings. The lowest BCUT2D eigenvalue weighted by Gasteiger charge is -2.35. The molecule has 1 aliphatic carbocycles. The largest absolute Gasteiger partial charge is 0.352 e. The van der Waals surface area contributed by atoms with Crippen LogP contribution in [0.2, 0.25) is 0 Å². The van der Waals surface area contributed by atoms with E-state index >= 15 is 0 Å². The van der Waals surface area contributed by atoms with Gasteiger partial charge >= 0.3 is 0 Å². The number of anilines is 1. The van der Waals surface area contributed by atoms with Gasteiger partial charge in [0.05, 0.1) is 6.20 Å². The lowest BCUT2D eigenvalue weighted by atomic mass is 9.94. The molecule has 1 fully saturated rings. The standard InChI is InChI=1S/C13H20FN3/c14-11-6-7-13(16-10-11)17(9-8-15)12-4-2-1-3-5-12/h6-7,10,12H,1-5,8-9,15H2. The summed E-state index contributed by atoms with van der Waals surface area (Å²) in [6, 6.07) is 3.74. The Hall–Kier alpha value is -1.16. The Labute approximate surface area is 102 Å². The van der Waals surface area contributed by atoms with Gasteiger partial charge in [-0.15, -0.1) is 0 Å². The maximum absolute atomic E-state index is 12.9.